The molecule has 2 atom stereocenters. The molecule has 2 unspecified atom stereocenters. The van der Waals surface area contributed by atoms with Crippen LogP contribution in [0.1, 0.15) is 19.3 Å². The van der Waals surface area contributed by atoms with Crippen LogP contribution < -0.4 is 11.5 Å². The molecule has 1 aliphatic rings. The van der Waals surface area contributed by atoms with Crippen molar-refractivity contribution in [2.24, 2.45) is 11.5 Å². The van der Waals surface area contributed by atoms with Gasteiger partial charge in [0.2, 0.25) is 0 Å². The highest BCUT2D eigenvalue weighted by atomic mass is 14.6. The number of hydrogen-bond donors (Lipinski definition) is 2. The molecule has 0 saturated heterocycles. The molecule has 0 amide bonds. The zero-order valence-corrected chi connectivity index (χ0v) is 5.59. The van der Waals surface area contributed by atoms with E-state index in [0.29, 0.717) is 0 Å². The SMILES string of the molecule is NC1C=CC(N)CCC1. The molecule has 1 aliphatic carbocycles. The average molecular weight is 126 g/mol. The second-order valence-corrected chi connectivity index (χ2v) is 2.64. The summed E-state index contributed by atoms with van der Waals surface area (Å²) in [7, 11) is 0. The van der Waals surface area contributed by atoms with Gasteiger partial charge >= 0.3 is 0 Å². The standard InChI is InChI=1S/C7H14N2/c8-6-2-1-3-7(9)5-4-6/h4-7H,1-3,8-9H2. The molecule has 0 bridgehead atoms. The van der Waals surface area contributed by atoms with Crippen LogP contribution in [0.15, 0.2) is 12.2 Å². The van der Waals surface area contributed by atoms with Crippen LogP contribution in [0.2, 0.25) is 0 Å². The van der Waals surface area contributed by atoms with Gasteiger partial charge in [-0.15, -0.1) is 0 Å². The lowest BCUT2D eigenvalue weighted by Crippen LogP contribution is -2.15. The van der Waals surface area contributed by atoms with Crippen LogP contribution in [0.3, 0.4) is 0 Å². The van der Waals surface area contributed by atoms with E-state index in [1.165, 1.54) is 0 Å². The Balaban J connectivity index is 2.43. The fraction of sp³-hybridized carbons (Fsp3) is 0.714. The molecular weight excluding hydrogens is 112 g/mol. The van der Waals surface area contributed by atoms with Crippen molar-refractivity contribution in [3.8, 4) is 0 Å². The highest BCUT2D eigenvalue weighted by Gasteiger charge is 2.05. The van der Waals surface area contributed by atoms with Crippen LogP contribution in [-0.4, -0.2) is 12.1 Å². The maximum absolute atomic E-state index is 5.65. The summed E-state index contributed by atoms with van der Waals surface area (Å²) in [5.74, 6) is 0. The molecule has 0 fully saturated rings. The molecule has 1 rings (SSSR count). The lowest BCUT2D eigenvalue weighted by atomic mass is 10.1. The van der Waals surface area contributed by atoms with Crippen LogP contribution in [-0.2, 0) is 0 Å². The Morgan fingerprint density at radius 3 is 1.89 bits per heavy atom. The predicted molar refractivity (Wildman–Crippen MR) is 38.9 cm³/mol. The van der Waals surface area contributed by atoms with Crippen LogP contribution in [0.25, 0.3) is 0 Å². The van der Waals surface area contributed by atoms with Crippen LogP contribution in [0.5, 0.6) is 0 Å². The van der Waals surface area contributed by atoms with Gasteiger partial charge in [-0.05, 0) is 19.3 Å². The molecule has 52 valence electrons. The molecule has 0 radical (unpaired) electrons. The van der Waals surface area contributed by atoms with Crippen LogP contribution >= 0.6 is 0 Å². The first-order valence-corrected chi connectivity index (χ1v) is 3.48. The van der Waals surface area contributed by atoms with Gasteiger partial charge in [0.15, 0.2) is 0 Å². The van der Waals surface area contributed by atoms with Gasteiger partial charge in [0.25, 0.3) is 0 Å². The number of nitrogens with two attached hydrogens (primary N) is 2. The average Bonchev–Trinajstić information content (AvgIpc) is 1.97. The predicted octanol–water partition coefficient (Wildman–Crippen LogP) is 0.381. The zero-order chi connectivity index (χ0) is 6.69. The molecule has 0 aliphatic heterocycles. The lowest BCUT2D eigenvalue weighted by molar-refractivity contribution is 0.623. The van der Waals surface area contributed by atoms with Gasteiger partial charge in [-0.25, -0.2) is 0 Å². The normalized spacial score (nSPS) is 36.2. The lowest BCUT2D eigenvalue weighted by Gasteiger charge is -2.00. The molecule has 9 heavy (non-hydrogen) atoms. The van der Waals surface area contributed by atoms with Crippen molar-refractivity contribution in [3.05, 3.63) is 12.2 Å². The summed E-state index contributed by atoms with van der Waals surface area (Å²) in [6, 6.07) is 0.497. The van der Waals surface area contributed by atoms with E-state index in [-0.39, 0.29) is 12.1 Å². The second kappa shape index (κ2) is 2.99. The van der Waals surface area contributed by atoms with Crippen molar-refractivity contribution in [1.29, 1.82) is 0 Å². The van der Waals surface area contributed by atoms with Gasteiger partial charge < -0.3 is 11.5 Å². The minimum atomic E-state index is 0.249. The fourth-order valence-corrected chi connectivity index (χ4v) is 1.07. The van der Waals surface area contributed by atoms with Gasteiger partial charge in [0, 0.05) is 12.1 Å². The van der Waals surface area contributed by atoms with Gasteiger partial charge in [-0.1, -0.05) is 12.2 Å². The van der Waals surface area contributed by atoms with Gasteiger partial charge in [0.1, 0.15) is 0 Å². The van der Waals surface area contributed by atoms with E-state index in [9.17, 15) is 0 Å². The Bertz CT molecular complexity index is 97.5. The summed E-state index contributed by atoms with van der Waals surface area (Å²) < 4.78 is 0. The molecule has 0 saturated carbocycles. The minimum Gasteiger partial charge on any atom is -0.324 e. The zero-order valence-electron chi connectivity index (χ0n) is 5.59. The topological polar surface area (TPSA) is 52.0 Å². The molecule has 4 N–H and O–H groups in total. The summed E-state index contributed by atoms with van der Waals surface area (Å²) in [5.41, 5.74) is 11.3. The first-order valence-electron chi connectivity index (χ1n) is 3.48. The maximum atomic E-state index is 5.65. The number of rotatable bonds is 0. The Morgan fingerprint density at radius 2 is 1.44 bits per heavy atom. The van der Waals surface area contributed by atoms with E-state index in [1.807, 2.05) is 12.2 Å². The Hall–Kier alpha value is -0.340. The molecule has 0 heterocycles. The first kappa shape index (κ1) is 6.78. The first-order chi connectivity index (χ1) is 4.29. The van der Waals surface area contributed by atoms with Crippen molar-refractivity contribution in [1.82, 2.24) is 0 Å². The molecule has 0 spiro atoms. The summed E-state index contributed by atoms with van der Waals surface area (Å²) in [6.07, 6.45) is 7.36. The fourth-order valence-electron chi connectivity index (χ4n) is 1.07. The third-order valence-corrected chi connectivity index (χ3v) is 1.68. The molecule has 0 aromatic heterocycles. The quantitative estimate of drug-likeness (QED) is 0.461. The Morgan fingerprint density at radius 1 is 1.00 bits per heavy atom. The molecular formula is C7H14N2. The Kier molecular flexibility index (Phi) is 2.25. The van der Waals surface area contributed by atoms with Gasteiger partial charge in [0.05, 0.1) is 0 Å². The third-order valence-electron chi connectivity index (χ3n) is 1.68. The van der Waals surface area contributed by atoms with Gasteiger partial charge in [-0.2, -0.15) is 0 Å². The second-order valence-electron chi connectivity index (χ2n) is 2.64. The summed E-state index contributed by atoms with van der Waals surface area (Å²) in [4.78, 5) is 0. The van der Waals surface area contributed by atoms with Crippen molar-refractivity contribution < 1.29 is 0 Å². The van der Waals surface area contributed by atoms with Crippen molar-refractivity contribution in [2.75, 3.05) is 0 Å². The van der Waals surface area contributed by atoms with Gasteiger partial charge in [-0.3, -0.25) is 0 Å². The maximum Gasteiger partial charge on any atom is 0.0224 e. The number of hydrogen-bond acceptors (Lipinski definition) is 2. The molecule has 2 nitrogen and oxygen atoms in total. The van der Waals surface area contributed by atoms with E-state index in [4.69, 9.17) is 11.5 Å². The van der Waals surface area contributed by atoms with Crippen molar-refractivity contribution in [2.45, 2.75) is 31.3 Å². The summed E-state index contributed by atoms with van der Waals surface area (Å²) >= 11 is 0. The molecule has 0 aromatic rings. The molecule has 0 aromatic carbocycles. The highest BCUT2D eigenvalue weighted by molar-refractivity contribution is 4.99. The third kappa shape index (κ3) is 2.16. The highest BCUT2D eigenvalue weighted by Crippen LogP contribution is 2.08. The molecule has 2 heteroatoms. The van der Waals surface area contributed by atoms with E-state index in [2.05, 4.69) is 0 Å². The van der Waals surface area contributed by atoms with E-state index >= 15 is 0 Å². The summed E-state index contributed by atoms with van der Waals surface area (Å²) in [5, 5.41) is 0. The van der Waals surface area contributed by atoms with Crippen molar-refractivity contribution >= 4 is 0 Å². The van der Waals surface area contributed by atoms with E-state index in [1.54, 1.807) is 0 Å². The Labute approximate surface area is 55.9 Å². The smallest absolute Gasteiger partial charge is 0.0224 e. The largest absolute Gasteiger partial charge is 0.324 e. The van der Waals surface area contributed by atoms with Crippen molar-refractivity contribution in [3.63, 3.8) is 0 Å². The monoisotopic (exact) mass is 126 g/mol. The van der Waals surface area contributed by atoms with E-state index in [0.717, 1.165) is 19.3 Å². The van der Waals surface area contributed by atoms with E-state index < -0.39 is 0 Å². The summed E-state index contributed by atoms with van der Waals surface area (Å²) in [6.45, 7) is 0. The minimum absolute atomic E-state index is 0.249. The van der Waals surface area contributed by atoms with Crippen LogP contribution in [0, 0.1) is 0 Å². The van der Waals surface area contributed by atoms with Crippen LogP contribution in [0.4, 0.5) is 0 Å².